The van der Waals surface area contributed by atoms with Crippen molar-refractivity contribution >= 4 is 17.4 Å². The predicted molar refractivity (Wildman–Crippen MR) is 114 cm³/mol. The van der Waals surface area contributed by atoms with E-state index in [1.54, 1.807) is 13.0 Å². The van der Waals surface area contributed by atoms with E-state index < -0.39 is 22.2 Å². The van der Waals surface area contributed by atoms with Crippen LogP contribution in [0.1, 0.15) is 58.4 Å². The van der Waals surface area contributed by atoms with Crippen molar-refractivity contribution in [1.29, 1.82) is 0 Å². The molecule has 2 aliphatic heterocycles. The summed E-state index contributed by atoms with van der Waals surface area (Å²) in [6.45, 7) is 7.58. The minimum absolute atomic E-state index is 0.0309. The number of Topliss-reactive ketones (excluding diaryl/α,β-unsaturated/α-hetero) is 1. The number of carbonyl (C=O) groups excluding carboxylic acids is 2. The molecule has 0 spiro atoms. The molecule has 0 radical (unpaired) electrons. The molecule has 9 nitrogen and oxygen atoms in total. The smallest absolute Gasteiger partial charge is 0.336 e. The fourth-order valence-electron chi connectivity index (χ4n) is 4.97. The molecule has 2 heterocycles. The number of nitrogens with one attached hydrogen (secondary N) is 1. The van der Waals surface area contributed by atoms with E-state index in [4.69, 9.17) is 14.2 Å². The average molecular weight is 442 g/mol. The van der Waals surface area contributed by atoms with Crippen molar-refractivity contribution in [3.63, 3.8) is 0 Å². The third-order valence-electron chi connectivity index (χ3n) is 6.15. The lowest BCUT2D eigenvalue weighted by Crippen LogP contribution is -2.40. The Labute approximate surface area is 185 Å². The van der Waals surface area contributed by atoms with Gasteiger partial charge in [0, 0.05) is 35.7 Å². The van der Waals surface area contributed by atoms with E-state index in [9.17, 15) is 19.7 Å². The van der Waals surface area contributed by atoms with Gasteiger partial charge in [-0.3, -0.25) is 14.9 Å². The van der Waals surface area contributed by atoms with Gasteiger partial charge < -0.3 is 19.5 Å². The highest BCUT2D eigenvalue weighted by Crippen LogP contribution is 2.54. The van der Waals surface area contributed by atoms with Crippen molar-refractivity contribution < 1.29 is 28.7 Å². The van der Waals surface area contributed by atoms with Crippen LogP contribution in [-0.4, -0.2) is 30.1 Å². The van der Waals surface area contributed by atoms with Gasteiger partial charge in [-0.2, -0.15) is 0 Å². The van der Waals surface area contributed by atoms with Gasteiger partial charge in [-0.25, -0.2) is 4.79 Å². The Morgan fingerprint density at radius 1 is 1.28 bits per heavy atom. The molecule has 1 unspecified atom stereocenters. The number of nitrogens with zero attached hydrogens (tertiary/aromatic N) is 1. The molecule has 3 aliphatic rings. The van der Waals surface area contributed by atoms with Gasteiger partial charge in [-0.1, -0.05) is 20.8 Å². The van der Waals surface area contributed by atoms with Crippen LogP contribution in [0, 0.1) is 15.5 Å². The number of dihydropyridines is 1. The normalized spacial score (nSPS) is 21.2. The van der Waals surface area contributed by atoms with Crippen molar-refractivity contribution in [3.05, 3.63) is 50.4 Å². The first-order valence-electron chi connectivity index (χ1n) is 10.7. The number of nitro groups is 1. The fraction of sp³-hybridized carbons (Fsp3) is 0.478. The summed E-state index contributed by atoms with van der Waals surface area (Å²) >= 11 is 0. The zero-order valence-corrected chi connectivity index (χ0v) is 18.6. The van der Waals surface area contributed by atoms with Gasteiger partial charge in [0.05, 0.1) is 23.2 Å². The van der Waals surface area contributed by atoms with Gasteiger partial charge in [-0.15, -0.1) is 0 Å². The summed E-state index contributed by atoms with van der Waals surface area (Å²) in [7, 11) is 0. The first kappa shape index (κ1) is 21.9. The number of allylic oxidation sites excluding steroid dienone is 3. The highest BCUT2D eigenvalue weighted by molar-refractivity contribution is 5.94. The molecule has 1 aliphatic carbocycles. The monoisotopic (exact) mass is 442 g/mol. The zero-order valence-electron chi connectivity index (χ0n) is 18.6. The first-order valence-corrected chi connectivity index (χ1v) is 10.7. The topological polar surface area (TPSA) is 117 Å². The van der Waals surface area contributed by atoms with E-state index in [2.05, 4.69) is 5.32 Å². The quantitative estimate of drug-likeness (QED) is 0.415. The van der Waals surface area contributed by atoms with E-state index in [-0.39, 0.29) is 37.7 Å². The van der Waals surface area contributed by atoms with Crippen LogP contribution in [0.3, 0.4) is 0 Å². The van der Waals surface area contributed by atoms with Gasteiger partial charge in [-0.05, 0) is 30.4 Å². The van der Waals surface area contributed by atoms with Gasteiger partial charge in [0.2, 0.25) is 6.79 Å². The summed E-state index contributed by atoms with van der Waals surface area (Å²) in [4.78, 5) is 37.3. The molecule has 9 heteroatoms. The van der Waals surface area contributed by atoms with E-state index in [0.717, 1.165) is 5.57 Å². The maximum Gasteiger partial charge on any atom is 0.336 e. The molecule has 1 aromatic carbocycles. The van der Waals surface area contributed by atoms with Crippen molar-refractivity contribution in [1.82, 2.24) is 5.32 Å². The maximum atomic E-state index is 13.2. The number of ketones is 1. The Balaban J connectivity index is 2.03. The molecule has 0 aromatic heterocycles. The lowest BCUT2D eigenvalue weighted by Gasteiger charge is -2.43. The van der Waals surface area contributed by atoms with Crippen LogP contribution in [0.4, 0.5) is 5.69 Å². The molecule has 0 saturated carbocycles. The molecule has 1 aromatic rings. The second-order valence-corrected chi connectivity index (χ2v) is 8.71. The standard InChI is InChI=1S/C23H26N2O7/c1-5-14-20(22(27)30-6-2)19(21-15(24-14)7-12(26)10-23(21,3)4)13-8-17-18(32-11-31-17)9-16(13)25(28)29/h8-9,19,24H,5-7,10-11H2,1-4H3. The Kier molecular flexibility index (Phi) is 5.44. The van der Waals surface area contributed by atoms with Crippen LogP contribution in [-0.2, 0) is 14.3 Å². The molecule has 1 N–H and O–H groups in total. The van der Waals surface area contributed by atoms with E-state index in [0.29, 0.717) is 40.5 Å². The largest absolute Gasteiger partial charge is 0.463 e. The number of esters is 1. The molecule has 170 valence electrons. The van der Waals surface area contributed by atoms with Gasteiger partial charge in [0.1, 0.15) is 5.78 Å². The summed E-state index contributed by atoms with van der Waals surface area (Å²) in [5, 5.41) is 15.4. The minimum Gasteiger partial charge on any atom is -0.463 e. The summed E-state index contributed by atoms with van der Waals surface area (Å²) in [6.07, 6.45) is 0.932. The van der Waals surface area contributed by atoms with Gasteiger partial charge in [0.15, 0.2) is 11.5 Å². The number of fused-ring (bicyclic) bond motifs is 1. The first-order chi connectivity index (χ1) is 15.2. The second-order valence-electron chi connectivity index (χ2n) is 8.71. The Morgan fingerprint density at radius 2 is 1.97 bits per heavy atom. The molecule has 0 bridgehead atoms. The summed E-state index contributed by atoms with van der Waals surface area (Å²) < 4.78 is 16.2. The summed E-state index contributed by atoms with van der Waals surface area (Å²) in [5.74, 6) is -0.530. The van der Waals surface area contributed by atoms with E-state index in [1.807, 2.05) is 20.8 Å². The second kappa shape index (κ2) is 7.96. The number of rotatable bonds is 5. The van der Waals surface area contributed by atoms with Gasteiger partial charge in [0.25, 0.3) is 5.69 Å². The number of nitro benzene ring substituents is 1. The van der Waals surface area contributed by atoms with Crippen LogP contribution in [0.5, 0.6) is 11.5 Å². The number of carbonyl (C=O) groups is 2. The van der Waals surface area contributed by atoms with Crippen LogP contribution in [0.25, 0.3) is 0 Å². The number of hydrogen-bond donors (Lipinski definition) is 1. The SMILES string of the molecule is CCOC(=O)C1=C(CC)NC2=C(C1c1cc3c(cc1[N+](=O)[O-])OCO3)C(C)(C)CC(=O)C2. The van der Waals surface area contributed by atoms with E-state index >= 15 is 0 Å². The molecule has 32 heavy (non-hydrogen) atoms. The maximum absolute atomic E-state index is 13.2. The molecule has 1 atom stereocenters. The van der Waals surface area contributed by atoms with Crippen LogP contribution < -0.4 is 14.8 Å². The third-order valence-corrected chi connectivity index (χ3v) is 6.15. The fourth-order valence-corrected chi connectivity index (χ4v) is 4.97. The highest BCUT2D eigenvalue weighted by Gasteiger charge is 2.47. The molecule has 4 rings (SSSR count). The molecule has 0 saturated heterocycles. The van der Waals surface area contributed by atoms with E-state index in [1.165, 1.54) is 6.07 Å². The average Bonchev–Trinajstić information content (AvgIpc) is 3.18. The zero-order chi connectivity index (χ0) is 23.2. The molecular formula is C23H26N2O7. The Hall–Kier alpha value is -3.36. The number of ether oxygens (including phenoxy) is 3. The predicted octanol–water partition coefficient (Wildman–Crippen LogP) is 3.88. The minimum atomic E-state index is -0.752. The molecule has 0 amide bonds. The third kappa shape index (κ3) is 3.51. The molecule has 0 fully saturated rings. The van der Waals surface area contributed by atoms with Crippen LogP contribution in [0.15, 0.2) is 34.7 Å². The lowest BCUT2D eigenvalue weighted by molar-refractivity contribution is -0.385. The Bertz CT molecular complexity index is 1080. The lowest BCUT2D eigenvalue weighted by atomic mass is 9.64. The number of benzene rings is 1. The van der Waals surface area contributed by atoms with Crippen molar-refractivity contribution in [3.8, 4) is 11.5 Å². The van der Waals surface area contributed by atoms with Crippen LogP contribution >= 0.6 is 0 Å². The molecular weight excluding hydrogens is 416 g/mol. The Morgan fingerprint density at radius 3 is 2.59 bits per heavy atom. The summed E-state index contributed by atoms with van der Waals surface area (Å²) in [5.41, 5.74) is 1.96. The van der Waals surface area contributed by atoms with Crippen LogP contribution in [0.2, 0.25) is 0 Å². The highest BCUT2D eigenvalue weighted by atomic mass is 16.7. The van der Waals surface area contributed by atoms with Crippen molar-refractivity contribution in [2.75, 3.05) is 13.4 Å². The number of hydrogen-bond acceptors (Lipinski definition) is 8. The van der Waals surface area contributed by atoms with Crippen molar-refractivity contribution in [2.24, 2.45) is 5.41 Å². The van der Waals surface area contributed by atoms with Gasteiger partial charge >= 0.3 is 5.97 Å². The van der Waals surface area contributed by atoms with Crippen molar-refractivity contribution in [2.45, 2.75) is 52.9 Å². The summed E-state index contributed by atoms with van der Waals surface area (Å²) in [6, 6.07) is 2.93.